The highest BCUT2D eigenvalue weighted by Gasteiger charge is 2.33. The van der Waals surface area contributed by atoms with Crippen molar-refractivity contribution in [2.75, 3.05) is 13.6 Å². The Morgan fingerprint density at radius 1 is 1.25 bits per heavy atom. The van der Waals surface area contributed by atoms with Gasteiger partial charge in [-0.25, -0.2) is 4.98 Å². The molecular formula is C14H15F3N2O. The quantitative estimate of drug-likeness (QED) is 0.917. The van der Waals surface area contributed by atoms with Crippen LogP contribution in [0.15, 0.2) is 34.9 Å². The van der Waals surface area contributed by atoms with Crippen LogP contribution in [-0.4, -0.2) is 18.6 Å². The van der Waals surface area contributed by atoms with E-state index in [1.807, 2.05) is 7.05 Å². The molecule has 0 bridgehead atoms. The molecule has 0 atom stereocenters. The SMILES string of the molecule is CNCCc1coc(Cc2ccccc2C(F)(F)F)n1. The summed E-state index contributed by atoms with van der Waals surface area (Å²) in [6.45, 7) is 0.741. The first kappa shape index (κ1) is 14.6. The second-order valence-electron chi connectivity index (χ2n) is 4.42. The van der Waals surface area contributed by atoms with E-state index >= 15 is 0 Å². The Kier molecular flexibility index (Phi) is 4.44. The number of benzene rings is 1. The molecule has 0 saturated heterocycles. The van der Waals surface area contributed by atoms with Crippen LogP contribution < -0.4 is 5.32 Å². The van der Waals surface area contributed by atoms with Gasteiger partial charge in [-0.05, 0) is 18.7 Å². The number of halogens is 3. The molecule has 0 radical (unpaired) electrons. The van der Waals surface area contributed by atoms with Gasteiger partial charge in [0.15, 0.2) is 5.89 Å². The highest BCUT2D eigenvalue weighted by atomic mass is 19.4. The van der Waals surface area contributed by atoms with Gasteiger partial charge in [-0.2, -0.15) is 13.2 Å². The van der Waals surface area contributed by atoms with Crippen LogP contribution in [0.2, 0.25) is 0 Å². The minimum atomic E-state index is -4.36. The summed E-state index contributed by atoms with van der Waals surface area (Å²) in [6, 6.07) is 5.47. The number of oxazole rings is 1. The molecule has 1 aromatic heterocycles. The Morgan fingerprint density at radius 3 is 2.70 bits per heavy atom. The van der Waals surface area contributed by atoms with E-state index in [-0.39, 0.29) is 12.0 Å². The van der Waals surface area contributed by atoms with Crippen molar-refractivity contribution in [3.8, 4) is 0 Å². The predicted molar refractivity (Wildman–Crippen MR) is 68.4 cm³/mol. The molecule has 0 aliphatic rings. The molecule has 3 nitrogen and oxygen atoms in total. The summed E-state index contributed by atoms with van der Waals surface area (Å²) in [4.78, 5) is 4.19. The Hall–Kier alpha value is -1.82. The van der Waals surface area contributed by atoms with Crippen LogP contribution in [0.1, 0.15) is 22.7 Å². The van der Waals surface area contributed by atoms with Gasteiger partial charge in [0.1, 0.15) is 6.26 Å². The first-order valence-electron chi connectivity index (χ1n) is 6.23. The normalized spacial score (nSPS) is 11.8. The van der Waals surface area contributed by atoms with Crippen LogP contribution in [0.3, 0.4) is 0 Å². The molecule has 0 aliphatic carbocycles. The van der Waals surface area contributed by atoms with Crippen molar-refractivity contribution in [2.24, 2.45) is 0 Å². The van der Waals surface area contributed by atoms with Gasteiger partial charge in [0.2, 0.25) is 0 Å². The van der Waals surface area contributed by atoms with Crippen LogP contribution >= 0.6 is 0 Å². The van der Waals surface area contributed by atoms with Gasteiger partial charge in [0, 0.05) is 19.4 Å². The van der Waals surface area contributed by atoms with E-state index in [1.54, 1.807) is 6.07 Å². The molecule has 0 fully saturated rings. The van der Waals surface area contributed by atoms with E-state index in [0.29, 0.717) is 12.3 Å². The lowest BCUT2D eigenvalue weighted by Crippen LogP contribution is -2.11. The smallest absolute Gasteiger partial charge is 0.416 e. The number of alkyl halides is 3. The molecule has 2 rings (SSSR count). The van der Waals surface area contributed by atoms with E-state index in [2.05, 4.69) is 10.3 Å². The first-order valence-corrected chi connectivity index (χ1v) is 6.23. The third-order valence-electron chi connectivity index (χ3n) is 2.89. The second-order valence-corrected chi connectivity index (χ2v) is 4.42. The fourth-order valence-corrected chi connectivity index (χ4v) is 1.91. The van der Waals surface area contributed by atoms with E-state index in [9.17, 15) is 13.2 Å². The molecule has 0 spiro atoms. The minimum Gasteiger partial charge on any atom is -0.448 e. The lowest BCUT2D eigenvalue weighted by atomic mass is 10.0. The summed E-state index contributed by atoms with van der Waals surface area (Å²) in [5.41, 5.74) is 0.260. The largest absolute Gasteiger partial charge is 0.448 e. The zero-order chi connectivity index (χ0) is 14.6. The van der Waals surface area contributed by atoms with Crippen LogP contribution in [0.5, 0.6) is 0 Å². The second kappa shape index (κ2) is 6.09. The fraction of sp³-hybridized carbons (Fsp3) is 0.357. The third kappa shape index (κ3) is 3.60. The first-order chi connectivity index (χ1) is 9.50. The summed E-state index contributed by atoms with van der Waals surface area (Å²) >= 11 is 0. The van der Waals surface area contributed by atoms with Crippen molar-refractivity contribution in [3.05, 3.63) is 53.2 Å². The maximum absolute atomic E-state index is 12.9. The standard InChI is InChI=1S/C14H15F3N2O/c1-18-7-6-11-9-20-13(19-11)8-10-4-2-3-5-12(10)14(15,16)17/h2-5,9,18H,6-8H2,1H3. The van der Waals surface area contributed by atoms with Crippen molar-refractivity contribution >= 4 is 0 Å². The van der Waals surface area contributed by atoms with Gasteiger partial charge >= 0.3 is 6.18 Å². The number of likely N-dealkylation sites (N-methyl/N-ethyl adjacent to an activating group) is 1. The van der Waals surface area contributed by atoms with Crippen LogP contribution in [0, 0.1) is 0 Å². The Bertz CT molecular complexity index is 564. The van der Waals surface area contributed by atoms with Crippen molar-refractivity contribution < 1.29 is 17.6 Å². The molecule has 1 heterocycles. The molecule has 0 aliphatic heterocycles. The van der Waals surface area contributed by atoms with Gasteiger partial charge in [0.05, 0.1) is 11.3 Å². The topological polar surface area (TPSA) is 38.1 Å². The van der Waals surface area contributed by atoms with Crippen molar-refractivity contribution in [1.82, 2.24) is 10.3 Å². The molecule has 108 valence electrons. The predicted octanol–water partition coefficient (Wildman–Crippen LogP) is 3.05. The van der Waals surface area contributed by atoms with Gasteiger partial charge < -0.3 is 9.73 Å². The van der Waals surface area contributed by atoms with Crippen LogP contribution in [0.4, 0.5) is 13.2 Å². The monoisotopic (exact) mass is 284 g/mol. The highest BCUT2D eigenvalue weighted by Crippen LogP contribution is 2.32. The molecule has 0 saturated carbocycles. The molecule has 0 unspecified atom stereocenters. The fourth-order valence-electron chi connectivity index (χ4n) is 1.91. The summed E-state index contributed by atoms with van der Waals surface area (Å²) in [5, 5.41) is 2.97. The molecule has 2 aromatic rings. The lowest BCUT2D eigenvalue weighted by molar-refractivity contribution is -0.138. The van der Waals surface area contributed by atoms with Crippen molar-refractivity contribution in [2.45, 2.75) is 19.0 Å². The zero-order valence-electron chi connectivity index (χ0n) is 11.0. The Labute approximate surface area is 114 Å². The molecule has 0 amide bonds. The Balaban J connectivity index is 2.16. The van der Waals surface area contributed by atoms with Gasteiger partial charge in [-0.3, -0.25) is 0 Å². The van der Waals surface area contributed by atoms with Crippen LogP contribution in [-0.2, 0) is 19.0 Å². The molecular weight excluding hydrogens is 269 g/mol. The zero-order valence-corrected chi connectivity index (χ0v) is 11.0. The summed E-state index contributed by atoms with van der Waals surface area (Å²) in [5.74, 6) is 0.299. The molecule has 1 N–H and O–H groups in total. The maximum atomic E-state index is 12.9. The van der Waals surface area contributed by atoms with E-state index in [4.69, 9.17) is 4.42 Å². The highest BCUT2D eigenvalue weighted by molar-refractivity contribution is 5.31. The maximum Gasteiger partial charge on any atom is 0.416 e. The van der Waals surface area contributed by atoms with E-state index < -0.39 is 11.7 Å². The Morgan fingerprint density at radius 2 is 2.00 bits per heavy atom. The van der Waals surface area contributed by atoms with E-state index in [0.717, 1.165) is 18.3 Å². The minimum absolute atomic E-state index is 0.0369. The number of nitrogens with one attached hydrogen (secondary N) is 1. The number of aromatic nitrogens is 1. The van der Waals surface area contributed by atoms with Gasteiger partial charge in [0.25, 0.3) is 0 Å². The van der Waals surface area contributed by atoms with Gasteiger partial charge in [-0.15, -0.1) is 0 Å². The number of hydrogen-bond donors (Lipinski definition) is 1. The van der Waals surface area contributed by atoms with Gasteiger partial charge in [-0.1, -0.05) is 18.2 Å². The average molecular weight is 284 g/mol. The number of rotatable bonds is 5. The average Bonchev–Trinajstić information content (AvgIpc) is 2.83. The van der Waals surface area contributed by atoms with E-state index in [1.165, 1.54) is 18.4 Å². The summed E-state index contributed by atoms with van der Waals surface area (Å²) in [6.07, 6.45) is -2.16. The summed E-state index contributed by atoms with van der Waals surface area (Å²) < 4.78 is 43.8. The third-order valence-corrected chi connectivity index (χ3v) is 2.89. The lowest BCUT2D eigenvalue weighted by Gasteiger charge is -2.11. The van der Waals surface area contributed by atoms with Crippen molar-refractivity contribution in [1.29, 1.82) is 0 Å². The van der Waals surface area contributed by atoms with Crippen molar-refractivity contribution in [3.63, 3.8) is 0 Å². The number of hydrogen-bond acceptors (Lipinski definition) is 3. The van der Waals surface area contributed by atoms with Crippen LogP contribution in [0.25, 0.3) is 0 Å². The number of nitrogens with zero attached hydrogens (tertiary/aromatic N) is 1. The molecule has 1 aromatic carbocycles. The molecule has 20 heavy (non-hydrogen) atoms. The summed E-state index contributed by atoms with van der Waals surface area (Å²) in [7, 11) is 1.82. The molecule has 6 heteroatoms.